The van der Waals surface area contributed by atoms with Crippen LogP contribution in [0.25, 0.3) is 0 Å². The molecule has 0 aliphatic carbocycles. The topological polar surface area (TPSA) is 25.8 Å². The number of hydrogen-bond donors (Lipinski definition) is 0. The highest BCUT2D eigenvalue weighted by molar-refractivity contribution is 6.67. The zero-order valence-corrected chi connectivity index (χ0v) is 11.9. The molecule has 0 spiro atoms. The van der Waals surface area contributed by atoms with Gasteiger partial charge in [-0.2, -0.15) is 0 Å². The minimum Gasteiger partial charge on any atom is -0.251 e. The molecule has 2 nitrogen and oxygen atoms in total. The molecule has 0 saturated heterocycles. The summed E-state index contributed by atoms with van der Waals surface area (Å²) in [7, 11) is 0. The summed E-state index contributed by atoms with van der Waals surface area (Å²) in [4.78, 5) is 7.54. The van der Waals surface area contributed by atoms with Crippen molar-refractivity contribution < 1.29 is 0 Å². The standard InChI is InChI=1S/C6HCl7N2/c7-4-3(6(11,12)13)14-1-2(15-4)5(8,9)10/h1H. The van der Waals surface area contributed by atoms with Crippen molar-refractivity contribution in [2.75, 3.05) is 0 Å². The fourth-order valence-electron chi connectivity index (χ4n) is 0.693. The Balaban J connectivity index is 3.21. The summed E-state index contributed by atoms with van der Waals surface area (Å²) >= 11 is 39.1. The number of hydrogen-bond acceptors (Lipinski definition) is 2. The Bertz CT molecular complexity index is 367. The van der Waals surface area contributed by atoms with Crippen molar-refractivity contribution in [1.82, 2.24) is 9.97 Å². The van der Waals surface area contributed by atoms with Crippen LogP contribution in [0.4, 0.5) is 0 Å². The number of aromatic nitrogens is 2. The van der Waals surface area contributed by atoms with Crippen molar-refractivity contribution >= 4 is 81.2 Å². The summed E-state index contributed by atoms with van der Waals surface area (Å²) in [6, 6.07) is 0. The average Bonchev–Trinajstić information content (AvgIpc) is 1.99. The monoisotopic (exact) mass is 346 g/mol. The van der Waals surface area contributed by atoms with Crippen molar-refractivity contribution in [2.45, 2.75) is 7.59 Å². The van der Waals surface area contributed by atoms with Crippen LogP contribution in [-0.4, -0.2) is 9.97 Å². The van der Waals surface area contributed by atoms with Gasteiger partial charge in [-0.3, -0.25) is 4.98 Å². The molecule has 1 aromatic rings. The van der Waals surface area contributed by atoms with Crippen LogP contribution in [0.3, 0.4) is 0 Å². The van der Waals surface area contributed by atoms with Gasteiger partial charge in [0.05, 0.1) is 6.20 Å². The molecule has 0 amide bonds. The molecule has 1 rings (SSSR count). The molecule has 1 aromatic heterocycles. The predicted molar refractivity (Wildman–Crippen MR) is 65.5 cm³/mol. The summed E-state index contributed by atoms with van der Waals surface area (Å²) in [6.07, 6.45) is 1.18. The summed E-state index contributed by atoms with van der Waals surface area (Å²) in [6.45, 7) is 0. The maximum atomic E-state index is 5.72. The van der Waals surface area contributed by atoms with E-state index in [-0.39, 0.29) is 16.5 Å². The Morgan fingerprint density at radius 1 is 0.933 bits per heavy atom. The van der Waals surface area contributed by atoms with Crippen LogP contribution in [0.1, 0.15) is 11.4 Å². The lowest BCUT2D eigenvalue weighted by Gasteiger charge is -2.14. The van der Waals surface area contributed by atoms with Crippen molar-refractivity contribution in [3.63, 3.8) is 0 Å². The first kappa shape index (κ1) is 14.2. The molecule has 1 heterocycles. The van der Waals surface area contributed by atoms with Gasteiger partial charge in [0.15, 0.2) is 5.15 Å². The van der Waals surface area contributed by atoms with Gasteiger partial charge in [-0.15, -0.1) is 0 Å². The second-order valence-corrected chi connectivity index (χ2v) is 7.31. The van der Waals surface area contributed by atoms with Crippen LogP contribution in [0.15, 0.2) is 6.20 Å². The molecule has 0 fully saturated rings. The summed E-state index contributed by atoms with van der Waals surface area (Å²) in [5.74, 6) is 0. The highest BCUT2D eigenvalue weighted by atomic mass is 35.6. The van der Waals surface area contributed by atoms with Crippen molar-refractivity contribution in [2.24, 2.45) is 0 Å². The first-order valence-electron chi connectivity index (χ1n) is 3.29. The van der Waals surface area contributed by atoms with Crippen LogP contribution in [0.5, 0.6) is 0 Å². The average molecular weight is 349 g/mol. The Morgan fingerprint density at radius 2 is 1.47 bits per heavy atom. The third kappa shape index (κ3) is 3.81. The smallest absolute Gasteiger partial charge is 0.235 e. The van der Waals surface area contributed by atoms with Gasteiger partial charge in [0.2, 0.25) is 7.59 Å². The molecule has 0 radical (unpaired) electrons. The van der Waals surface area contributed by atoms with E-state index in [0.717, 1.165) is 0 Å². The second kappa shape index (κ2) is 4.77. The minimum atomic E-state index is -1.77. The molecule has 0 unspecified atom stereocenters. The van der Waals surface area contributed by atoms with Crippen molar-refractivity contribution in [3.05, 3.63) is 22.7 Å². The molecular weight excluding hydrogens is 348 g/mol. The maximum absolute atomic E-state index is 5.72. The summed E-state index contributed by atoms with van der Waals surface area (Å²) < 4.78 is -3.49. The first-order chi connectivity index (χ1) is 6.62. The highest BCUT2D eigenvalue weighted by Gasteiger charge is 2.32. The maximum Gasteiger partial charge on any atom is 0.235 e. The van der Waals surface area contributed by atoms with Gasteiger partial charge in [-0.05, 0) is 0 Å². The number of nitrogens with zero attached hydrogens (tertiary/aromatic N) is 2. The van der Waals surface area contributed by atoms with Gasteiger partial charge < -0.3 is 0 Å². The molecule has 0 aromatic carbocycles. The van der Waals surface area contributed by atoms with E-state index in [9.17, 15) is 0 Å². The normalized spacial score (nSPS) is 13.0. The Labute approximate surface area is 121 Å². The highest BCUT2D eigenvalue weighted by Crippen LogP contribution is 2.42. The molecule has 0 aliphatic rings. The summed E-state index contributed by atoms with van der Waals surface area (Å²) in [5, 5.41) is -0.126. The van der Waals surface area contributed by atoms with Crippen LogP contribution in [0.2, 0.25) is 5.15 Å². The molecule has 0 saturated carbocycles. The van der Waals surface area contributed by atoms with E-state index in [4.69, 9.17) is 81.2 Å². The molecule has 9 heteroatoms. The minimum absolute atomic E-state index is 0.0211. The van der Waals surface area contributed by atoms with E-state index >= 15 is 0 Å². The lowest BCUT2D eigenvalue weighted by molar-refractivity contribution is 0.969. The molecule has 0 bridgehead atoms. The van der Waals surface area contributed by atoms with Crippen LogP contribution < -0.4 is 0 Å². The van der Waals surface area contributed by atoms with E-state index in [0.29, 0.717) is 0 Å². The zero-order valence-electron chi connectivity index (χ0n) is 6.62. The Kier molecular flexibility index (Phi) is 4.51. The first-order valence-corrected chi connectivity index (χ1v) is 5.94. The van der Waals surface area contributed by atoms with Crippen molar-refractivity contribution in [3.8, 4) is 0 Å². The Hall–Kier alpha value is 1.11. The van der Waals surface area contributed by atoms with Crippen LogP contribution in [-0.2, 0) is 7.59 Å². The quantitative estimate of drug-likeness (QED) is 0.630. The Morgan fingerprint density at radius 3 is 1.80 bits per heavy atom. The fourth-order valence-corrected chi connectivity index (χ4v) is 1.81. The van der Waals surface area contributed by atoms with E-state index in [1.807, 2.05) is 0 Å². The van der Waals surface area contributed by atoms with Crippen LogP contribution in [0, 0.1) is 0 Å². The molecule has 15 heavy (non-hydrogen) atoms. The largest absolute Gasteiger partial charge is 0.251 e. The van der Waals surface area contributed by atoms with E-state index in [2.05, 4.69) is 9.97 Å². The molecular formula is C6HCl7N2. The van der Waals surface area contributed by atoms with Crippen molar-refractivity contribution in [1.29, 1.82) is 0 Å². The molecule has 84 valence electrons. The van der Waals surface area contributed by atoms with E-state index in [1.54, 1.807) is 0 Å². The predicted octanol–water partition coefficient (Wildman–Crippen LogP) is 4.78. The number of alkyl halides is 6. The molecule has 0 atom stereocenters. The zero-order chi connectivity index (χ0) is 11.9. The molecule has 0 aliphatic heterocycles. The van der Waals surface area contributed by atoms with E-state index in [1.165, 1.54) is 6.20 Å². The lowest BCUT2D eigenvalue weighted by atomic mass is 10.4. The van der Waals surface area contributed by atoms with Gasteiger partial charge >= 0.3 is 0 Å². The van der Waals surface area contributed by atoms with Gasteiger partial charge in [-0.25, -0.2) is 4.98 Å². The third-order valence-corrected chi connectivity index (χ3v) is 2.67. The van der Waals surface area contributed by atoms with Gasteiger partial charge in [0, 0.05) is 0 Å². The number of halogens is 7. The third-order valence-electron chi connectivity index (χ3n) is 1.29. The molecule has 0 N–H and O–H groups in total. The SMILES string of the molecule is Clc1nc(C(Cl)(Cl)Cl)cnc1C(Cl)(Cl)Cl. The summed E-state index contributed by atoms with van der Waals surface area (Å²) in [5.41, 5.74) is 0.0302. The number of rotatable bonds is 0. The van der Waals surface area contributed by atoms with Gasteiger partial charge in [0.1, 0.15) is 11.4 Å². The van der Waals surface area contributed by atoms with Crippen LogP contribution >= 0.6 is 81.2 Å². The lowest BCUT2D eigenvalue weighted by Crippen LogP contribution is -2.11. The fraction of sp³-hybridized carbons (Fsp3) is 0.333. The van der Waals surface area contributed by atoms with Gasteiger partial charge in [-0.1, -0.05) is 81.2 Å². The van der Waals surface area contributed by atoms with Gasteiger partial charge in [0.25, 0.3) is 0 Å². The second-order valence-electron chi connectivity index (χ2n) is 2.39. The van der Waals surface area contributed by atoms with E-state index < -0.39 is 7.59 Å².